The molecule has 15 nitrogen and oxygen atoms in total. The zero-order valence-electron chi connectivity index (χ0n) is 28.1. The first-order valence-electron chi connectivity index (χ1n) is 16.7. The second kappa shape index (κ2) is 14.8. The molecule has 6 rings (SSSR count). The Bertz CT molecular complexity index is 1870. The molecule has 0 radical (unpaired) electrons. The second-order valence-corrected chi connectivity index (χ2v) is 14.0. The summed E-state index contributed by atoms with van der Waals surface area (Å²) < 4.78 is 1.85. The number of imidazole rings is 2. The number of aliphatic hydroxyl groups excluding tert-OH is 1. The molecule has 5 heterocycles. The molecule has 264 valence electrons. The average molecular weight is 704 g/mol. The summed E-state index contributed by atoms with van der Waals surface area (Å²) in [5, 5.41) is 17.2. The number of aromatic amines is 1. The number of likely N-dealkylation sites (tertiary alicyclic amines) is 2. The van der Waals surface area contributed by atoms with Gasteiger partial charge in [-0.05, 0) is 42.7 Å². The van der Waals surface area contributed by atoms with Crippen LogP contribution >= 0.6 is 11.3 Å². The third kappa shape index (κ3) is 7.40. The number of fused-ring (bicyclic) bond motifs is 1. The van der Waals surface area contributed by atoms with Gasteiger partial charge in [-0.15, -0.1) is 0 Å². The van der Waals surface area contributed by atoms with E-state index >= 15 is 0 Å². The van der Waals surface area contributed by atoms with E-state index in [0.29, 0.717) is 42.5 Å². The third-order valence-corrected chi connectivity index (χ3v) is 10.1. The number of benzene rings is 1. The minimum absolute atomic E-state index is 0.136. The number of nitrogens with one attached hydrogen (secondary N) is 4. The Hall–Kier alpha value is -5.09. The molecule has 4 aromatic rings. The van der Waals surface area contributed by atoms with Gasteiger partial charge >= 0.3 is 0 Å². The Balaban J connectivity index is 1.09. The molecular weight excluding hydrogens is 662 g/mol. The summed E-state index contributed by atoms with van der Waals surface area (Å²) in [7, 11) is 0. The zero-order valence-corrected chi connectivity index (χ0v) is 29.0. The fraction of sp³-hybridized carbons (Fsp3) is 0.441. The number of hydrogen-bond acceptors (Lipinski definition) is 9. The first kappa shape index (κ1) is 34.8. The molecule has 0 aliphatic carbocycles. The van der Waals surface area contributed by atoms with Gasteiger partial charge in [0.05, 0.1) is 35.6 Å². The number of carbonyl (C=O) groups is 5. The summed E-state index contributed by atoms with van der Waals surface area (Å²) in [5.74, 6) is -0.714. The number of thiazole rings is 1. The Morgan fingerprint density at radius 1 is 1.02 bits per heavy atom. The molecule has 0 bridgehead atoms. The van der Waals surface area contributed by atoms with E-state index in [1.54, 1.807) is 17.3 Å². The van der Waals surface area contributed by atoms with E-state index in [1.165, 1.54) is 23.2 Å². The van der Waals surface area contributed by atoms with E-state index < -0.39 is 24.6 Å². The molecule has 1 aromatic carbocycles. The number of aliphatic hydroxyl groups is 1. The van der Waals surface area contributed by atoms with Gasteiger partial charge in [-0.1, -0.05) is 49.4 Å². The molecule has 1 unspecified atom stereocenters. The van der Waals surface area contributed by atoms with Crippen molar-refractivity contribution in [3.63, 3.8) is 0 Å². The zero-order chi connectivity index (χ0) is 35.5. The van der Waals surface area contributed by atoms with Gasteiger partial charge in [-0.3, -0.25) is 28.4 Å². The van der Waals surface area contributed by atoms with Crippen molar-refractivity contribution < 1.29 is 29.1 Å². The van der Waals surface area contributed by atoms with E-state index in [0.717, 1.165) is 34.5 Å². The Labute approximate surface area is 292 Å². The third-order valence-electron chi connectivity index (χ3n) is 9.09. The van der Waals surface area contributed by atoms with Crippen molar-refractivity contribution in [1.82, 2.24) is 39.8 Å². The van der Waals surface area contributed by atoms with Gasteiger partial charge in [0.1, 0.15) is 24.5 Å². The maximum absolute atomic E-state index is 13.4. The first-order valence-corrected chi connectivity index (χ1v) is 17.5. The lowest BCUT2D eigenvalue weighted by molar-refractivity contribution is -0.139. The van der Waals surface area contributed by atoms with Crippen LogP contribution in [0, 0.1) is 5.92 Å². The molecule has 2 saturated heterocycles. The summed E-state index contributed by atoms with van der Waals surface area (Å²) in [4.78, 5) is 79.6. The fourth-order valence-electron chi connectivity index (χ4n) is 6.53. The van der Waals surface area contributed by atoms with Crippen molar-refractivity contribution >= 4 is 51.7 Å². The summed E-state index contributed by atoms with van der Waals surface area (Å²) in [6, 6.07) is 6.44. The van der Waals surface area contributed by atoms with Crippen molar-refractivity contribution in [3.05, 3.63) is 48.7 Å². The summed E-state index contributed by atoms with van der Waals surface area (Å²) in [6.07, 6.45) is 8.28. The first-order chi connectivity index (χ1) is 24.0. The van der Waals surface area contributed by atoms with Gasteiger partial charge in [0.15, 0.2) is 10.8 Å². The standard InChI is InChI=1S/C34H41N9O6S/c1-19(2)30(40-28(46)18-44)33(49)43-13-4-6-24(43)31-36-14-23(37-31)21-8-10-22(11-9-21)26-16-41-17-27(39-34(41)50-26)38-32(48)25-7-5-12-42(25)29(47)15-35-20(3)45/h8-11,14,16-17,19,24-25,30,44H,4-7,12-13,15,18H2,1-3H3,(H,35,45)(H,36,37)(H,38,48)(H,40,46)/t24-,25?,30-/m0/s1. The lowest BCUT2D eigenvalue weighted by atomic mass is 10.0. The number of hydrogen-bond donors (Lipinski definition) is 5. The van der Waals surface area contributed by atoms with E-state index in [9.17, 15) is 29.1 Å². The van der Waals surface area contributed by atoms with E-state index in [1.807, 2.05) is 48.7 Å². The Morgan fingerprint density at radius 2 is 1.74 bits per heavy atom. The lowest BCUT2D eigenvalue weighted by Crippen LogP contribution is -2.51. The predicted molar refractivity (Wildman–Crippen MR) is 186 cm³/mol. The highest BCUT2D eigenvalue weighted by Gasteiger charge is 2.37. The van der Waals surface area contributed by atoms with Gasteiger partial charge in [-0.25, -0.2) is 9.97 Å². The highest BCUT2D eigenvalue weighted by molar-refractivity contribution is 7.20. The van der Waals surface area contributed by atoms with Crippen LogP contribution in [0.3, 0.4) is 0 Å². The van der Waals surface area contributed by atoms with E-state index in [2.05, 4.69) is 30.9 Å². The van der Waals surface area contributed by atoms with Crippen LogP contribution in [0.25, 0.3) is 26.7 Å². The molecular formula is C34H41N9O6S. The number of aromatic nitrogens is 4. The van der Waals surface area contributed by atoms with Gasteiger partial charge in [0.2, 0.25) is 29.5 Å². The topological polar surface area (TPSA) is 194 Å². The monoisotopic (exact) mass is 703 g/mol. The van der Waals surface area contributed by atoms with E-state index in [-0.39, 0.29) is 42.1 Å². The van der Waals surface area contributed by atoms with Crippen LogP contribution < -0.4 is 16.0 Å². The van der Waals surface area contributed by atoms with Crippen LogP contribution in [0.1, 0.15) is 58.3 Å². The molecule has 2 fully saturated rings. The largest absolute Gasteiger partial charge is 0.387 e. The van der Waals surface area contributed by atoms with E-state index in [4.69, 9.17) is 0 Å². The highest BCUT2D eigenvalue weighted by atomic mass is 32.1. The number of rotatable bonds is 11. The van der Waals surface area contributed by atoms with Crippen LogP contribution in [-0.2, 0) is 24.0 Å². The molecule has 50 heavy (non-hydrogen) atoms. The molecule has 2 aliphatic rings. The molecule has 5 N–H and O–H groups in total. The van der Waals surface area contributed by atoms with Crippen LogP contribution in [0.15, 0.2) is 42.9 Å². The fourth-order valence-corrected chi connectivity index (χ4v) is 7.50. The molecule has 2 aliphatic heterocycles. The van der Waals surface area contributed by atoms with Crippen LogP contribution in [0.4, 0.5) is 5.82 Å². The maximum atomic E-state index is 13.4. The molecule has 3 atom stereocenters. The average Bonchev–Trinajstić information content (AvgIpc) is 3.93. The molecule has 0 spiro atoms. The number of anilines is 1. The number of amides is 5. The van der Waals surface area contributed by atoms with Crippen LogP contribution in [-0.4, -0.2) is 102 Å². The number of carbonyl (C=O) groups excluding carboxylic acids is 5. The summed E-state index contributed by atoms with van der Waals surface area (Å²) in [6.45, 7) is 5.29. The minimum Gasteiger partial charge on any atom is -0.387 e. The smallest absolute Gasteiger partial charge is 0.248 e. The molecule has 16 heteroatoms. The Kier molecular flexibility index (Phi) is 10.3. The lowest BCUT2D eigenvalue weighted by Gasteiger charge is -2.30. The molecule has 5 amide bonds. The van der Waals surface area contributed by atoms with Gasteiger partial charge in [-0.2, -0.15) is 0 Å². The van der Waals surface area contributed by atoms with Gasteiger partial charge in [0, 0.05) is 26.2 Å². The number of nitrogens with zero attached hydrogens (tertiary/aromatic N) is 5. The maximum Gasteiger partial charge on any atom is 0.248 e. The van der Waals surface area contributed by atoms with Crippen molar-refractivity contribution in [2.24, 2.45) is 5.92 Å². The second-order valence-electron chi connectivity index (χ2n) is 13.0. The SMILES string of the molecule is CC(=O)NCC(=O)N1CCCC1C(=O)Nc1cn2cc(-c3ccc(-c4cnc([C@@H]5CCCN5C(=O)[C@@H](NC(=O)CO)C(C)C)[nH]4)cc3)sc2n1. The van der Waals surface area contributed by atoms with Gasteiger partial charge < -0.3 is 35.8 Å². The highest BCUT2D eigenvalue weighted by Crippen LogP contribution is 2.34. The molecule has 0 saturated carbocycles. The minimum atomic E-state index is -0.731. The quantitative estimate of drug-likeness (QED) is 0.157. The summed E-state index contributed by atoms with van der Waals surface area (Å²) >= 11 is 1.48. The van der Waals surface area contributed by atoms with Crippen molar-refractivity contribution in [2.75, 3.05) is 31.6 Å². The number of H-pyrrole nitrogens is 1. The normalized spacial score (nSPS) is 18.1. The van der Waals surface area contributed by atoms with Crippen molar-refractivity contribution in [1.29, 1.82) is 0 Å². The van der Waals surface area contributed by atoms with Crippen molar-refractivity contribution in [2.45, 2.75) is 64.6 Å². The van der Waals surface area contributed by atoms with Crippen LogP contribution in [0.2, 0.25) is 0 Å². The summed E-state index contributed by atoms with van der Waals surface area (Å²) in [5.41, 5.74) is 2.74. The van der Waals surface area contributed by atoms with Gasteiger partial charge in [0.25, 0.3) is 0 Å². The molecule has 3 aromatic heterocycles. The predicted octanol–water partition coefficient (Wildman–Crippen LogP) is 2.32. The van der Waals surface area contributed by atoms with Crippen LogP contribution in [0.5, 0.6) is 0 Å². The van der Waals surface area contributed by atoms with Crippen molar-refractivity contribution in [3.8, 4) is 21.7 Å². The Morgan fingerprint density at radius 3 is 2.44 bits per heavy atom.